The summed E-state index contributed by atoms with van der Waals surface area (Å²) in [5.74, 6) is -3.19. The summed E-state index contributed by atoms with van der Waals surface area (Å²) in [5, 5.41) is 7.71. The second-order valence-electron chi connectivity index (χ2n) is 15.1. The van der Waals surface area contributed by atoms with Gasteiger partial charge in [-0.15, -0.1) is 0 Å². The summed E-state index contributed by atoms with van der Waals surface area (Å²) < 4.78 is 79.0. The van der Waals surface area contributed by atoms with Crippen molar-refractivity contribution < 1.29 is 65.2 Å². The number of anilines is 3. The Morgan fingerprint density at radius 3 is 2.03 bits per heavy atom. The van der Waals surface area contributed by atoms with E-state index in [0.29, 0.717) is 43.2 Å². The molecule has 20 nitrogen and oxygen atoms in total. The van der Waals surface area contributed by atoms with Gasteiger partial charge in [-0.2, -0.15) is 0 Å². The van der Waals surface area contributed by atoms with Gasteiger partial charge in [0.2, 0.25) is 11.8 Å². The Bertz CT molecular complexity index is 2670. The topological polar surface area (TPSA) is 248 Å². The first kappa shape index (κ1) is 51.6. The molecule has 3 heterocycles. The van der Waals surface area contributed by atoms with Gasteiger partial charge in [-0.25, -0.2) is 12.8 Å². The lowest BCUT2D eigenvalue weighted by molar-refractivity contribution is -0.136. The van der Waals surface area contributed by atoms with E-state index in [9.17, 15) is 41.6 Å². The van der Waals surface area contributed by atoms with Crippen LogP contribution < -0.4 is 31.0 Å². The van der Waals surface area contributed by atoms with Crippen molar-refractivity contribution in [2.75, 3.05) is 89.3 Å². The molecule has 5 amide bonds. The maximum atomic E-state index is 14.7. The summed E-state index contributed by atoms with van der Waals surface area (Å²) >= 11 is 1.96. The summed E-state index contributed by atoms with van der Waals surface area (Å²) in [4.78, 5) is 76.1. The standard InChI is InChI=1S/C45H50FIN6O14S/c1-28-26-35(40(52(2)43(28)57)49-34-11-8-30(47)27-33(34)46)51-68(60,61)31-9-6-29(7-10-31)41(55)48-14-15-62-16-17-63-18-19-64-20-21-65-22-23-66-24-25-67-37-5-3-4-32-39(37)45(59)53(44(32)58)36-12-13-38(54)50-42(36)56/h3-11,26-27,36,49,51H,12-25H2,1-2H3,(H,48,55)(H,50,54,56). The monoisotopic (exact) mass is 1080 g/mol. The number of carbonyl (C=O) groups is 5. The predicted octanol–water partition coefficient (Wildman–Crippen LogP) is 3.27. The number of rotatable bonds is 26. The number of aryl methyl sites for hydroxylation is 1. The summed E-state index contributed by atoms with van der Waals surface area (Å²) in [6, 6.07) is 14.7. The third-order valence-corrected chi connectivity index (χ3v) is 12.4. The number of amides is 5. The summed E-state index contributed by atoms with van der Waals surface area (Å²) in [6.07, 6.45) is 0.0866. The summed E-state index contributed by atoms with van der Waals surface area (Å²) in [5.41, 5.74) is 0.352. The van der Waals surface area contributed by atoms with Gasteiger partial charge in [0.15, 0.2) is 0 Å². The van der Waals surface area contributed by atoms with Gasteiger partial charge in [-0.05, 0) is 96.6 Å². The fraction of sp³-hybridized carbons (Fsp3) is 0.378. The zero-order valence-corrected chi connectivity index (χ0v) is 40.1. The van der Waals surface area contributed by atoms with E-state index in [0.717, 1.165) is 4.90 Å². The molecule has 0 aliphatic carbocycles. The van der Waals surface area contributed by atoms with E-state index in [1.807, 2.05) is 22.6 Å². The number of nitrogens with one attached hydrogen (secondary N) is 4. The minimum absolute atomic E-state index is 0.0216. The third-order valence-electron chi connectivity index (χ3n) is 10.4. The van der Waals surface area contributed by atoms with Gasteiger partial charge in [0, 0.05) is 34.7 Å². The second-order valence-corrected chi connectivity index (χ2v) is 18.1. The summed E-state index contributed by atoms with van der Waals surface area (Å²) in [7, 11) is -2.76. The molecule has 0 spiro atoms. The molecule has 1 fully saturated rings. The number of piperidine rings is 1. The van der Waals surface area contributed by atoms with E-state index in [4.69, 9.17) is 28.4 Å². The minimum Gasteiger partial charge on any atom is -0.490 e. The maximum Gasteiger partial charge on any atom is 0.266 e. The number of aromatic nitrogens is 1. The van der Waals surface area contributed by atoms with E-state index < -0.39 is 57.0 Å². The van der Waals surface area contributed by atoms with Crippen LogP contribution >= 0.6 is 22.6 Å². The van der Waals surface area contributed by atoms with Gasteiger partial charge in [0.25, 0.3) is 33.3 Å². The first-order valence-electron chi connectivity index (χ1n) is 21.4. The van der Waals surface area contributed by atoms with Crippen LogP contribution in [-0.4, -0.2) is 133 Å². The lowest BCUT2D eigenvalue weighted by Gasteiger charge is -2.27. The van der Waals surface area contributed by atoms with Gasteiger partial charge in [-0.3, -0.25) is 48.3 Å². The Kier molecular flexibility index (Phi) is 18.5. The Labute approximate surface area is 404 Å². The normalized spacial score (nSPS) is 14.8. The third kappa shape index (κ3) is 13.4. The van der Waals surface area contributed by atoms with Gasteiger partial charge < -0.3 is 39.1 Å². The number of imide groups is 2. The van der Waals surface area contributed by atoms with Crippen molar-refractivity contribution >= 4 is 79.3 Å². The second kappa shape index (κ2) is 24.5. The van der Waals surface area contributed by atoms with Crippen molar-refractivity contribution in [2.24, 2.45) is 7.05 Å². The van der Waals surface area contributed by atoms with Crippen molar-refractivity contribution in [2.45, 2.75) is 30.7 Å². The fourth-order valence-corrected chi connectivity index (χ4v) is 8.48. The van der Waals surface area contributed by atoms with Crippen LogP contribution in [0.25, 0.3) is 0 Å². The number of pyridine rings is 1. The number of halogens is 2. The molecule has 4 aromatic rings. The lowest BCUT2D eigenvalue weighted by Crippen LogP contribution is -2.54. The van der Waals surface area contributed by atoms with Crippen LogP contribution in [0.2, 0.25) is 0 Å². The van der Waals surface area contributed by atoms with Crippen LogP contribution in [0.15, 0.2) is 76.4 Å². The van der Waals surface area contributed by atoms with E-state index >= 15 is 0 Å². The minimum atomic E-state index is -4.20. The van der Waals surface area contributed by atoms with Crippen LogP contribution in [0.4, 0.5) is 21.6 Å². The molecular formula is C45H50FIN6O14S. The van der Waals surface area contributed by atoms with E-state index in [1.165, 1.54) is 67.1 Å². The fourth-order valence-electron chi connectivity index (χ4n) is 6.97. The molecule has 68 heavy (non-hydrogen) atoms. The van der Waals surface area contributed by atoms with Crippen molar-refractivity contribution in [3.8, 4) is 5.75 Å². The molecule has 0 saturated carbocycles. The van der Waals surface area contributed by atoms with E-state index in [2.05, 4.69) is 20.7 Å². The molecule has 23 heteroatoms. The first-order valence-corrected chi connectivity index (χ1v) is 23.9. The number of ether oxygens (including phenoxy) is 6. The Morgan fingerprint density at radius 1 is 0.794 bits per heavy atom. The largest absolute Gasteiger partial charge is 0.490 e. The number of sulfonamides is 1. The highest BCUT2D eigenvalue weighted by atomic mass is 127. The molecular weight excluding hydrogens is 1030 g/mol. The molecule has 3 aromatic carbocycles. The molecule has 2 aliphatic rings. The van der Waals surface area contributed by atoms with E-state index in [-0.39, 0.29) is 103 Å². The number of benzene rings is 3. The summed E-state index contributed by atoms with van der Waals surface area (Å²) in [6.45, 7) is 4.75. The number of hydrogen-bond donors (Lipinski definition) is 4. The van der Waals surface area contributed by atoms with Crippen molar-refractivity contribution in [3.05, 3.63) is 109 Å². The quantitative estimate of drug-likeness (QED) is 0.0401. The Balaban J connectivity index is 0.772. The molecule has 1 saturated heterocycles. The van der Waals surface area contributed by atoms with Crippen LogP contribution in [0.5, 0.6) is 5.75 Å². The Hall–Kier alpha value is -5.83. The highest BCUT2D eigenvalue weighted by Crippen LogP contribution is 2.34. The molecule has 2 aliphatic heterocycles. The molecule has 364 valence electrons. The van der Waals surface area contributed by atoms with Crippen LogP contribution in [0.1, 0.15) is 49.5 Å². The average molecular weight is 1080 g/mol. The molecule has 1 unspecified atom stereocenters. The van der Waals surface area contributed by atoms with Crippen molar-refractivity contribution in [3.63, 3.8) is 0 Å². The number of fused-ring (bicyclic) bond motifs is 1. The van der Waals surface area contributed by atoms with Gasteiger partial charge in [0.1, 0.15) is 30.0 Å². The highest BCUT2D eigenvalue weighted by Gasteiger charge is 2.46. The van der Waals surface area contributed by atoms with Crippen LogP contribution in [-0.2, 0) is 50.3 Å². The van der Waals surface area contributed by atoms with E-state index in [1.54, 1.807) is 18.2 Å². The smallest absolute Gasteiger partial charge is 0.266 e. The number of nitrogens with zero attached hydrogens (tertiary/aromatic N) is 2. The molecule has 4 N–H and O–H groups in total. The van der Waals surface area contributed by atoms with Crippen LogP contribution in [0, 0.1) is 16.3 Å². The van der Waals surface area contributed by atoms with Crippen LogP contribution in [0.3, 0.4) is 0 Å². The average Bonchev–Trinajstić information content (AvgIpc) is 3.56. The van der Waals surface area contributed by atoms with Crippen molar-refractivity contribution in [1.82, 2.24) is 20.1 Å². The molecule has 0 radical (unpaired) electrons. The first-order chi connectivity index (χ1) is 32.7. The molecule has 6 rings (SSSR count). The van der Waals surface area contributed by atoms with Crippen molar-refractivity contribution in [1.29, 1.82) is 0 Å². The van der Waals surface area contributed by atoms with Gasteiger partial charge in [-0.1, -0.05) is 6.07 Å². The highest BCUT2D eigenvalue weighted by molar-refractivity contribution is 14.1. The predicted molar refractivity (Wildman–Crippen MR) is 251 cm³/mol. The van der Waals surface area contributed by atoms with Gasteiger partial charge >= 0.3 is 0 Å². The SMILES string of the molecule is Cc1cc(NS(=O)(=O)c2ccc(C(=O)NCCOCCOCCOCCOCCOCCOc3cccc4c3C(=O)N(C3CCC(=O)NC3=O)C4=O)cc2)c(Nc2ccc(I)cc2F)n(C)c1=O. The van der Waals surface area contributed by atoms with Gasteiger partial charge in [0.05, 0.1) is 93.5 Å². The maximum absolute atomic E-state index is 14.7. The lowest BCUT2D eigenvalue weighted by atomic mass is 10.0. The molecule has 0 bridgehead atoms. The Morgan fingerprint density at radius 2 is 1.41 bits per heavy atom. The molecule has 1 atom stereocenters. The molecule has 1 aromatic heterocycles. The number of carbonyl (C=O) groups excluding carboxylic acids is 5. The number of hydrogen-bond acceptors (Lipinski definition) is 15. The zero-order valence-electron chi connectivity index (χ0n) is 37.1. The zero-order chi connectivity index (χ0) is 48.8.